The zero-order valence-electron chi connectivity index (χ0n) is 11.6. The summed E-state index contributed by atoms with van der Waals surface area (Å²) in [6, 6.07) is 0.953. The van der Waals surface area contributed by atoms with Crippen molar-refractivity contribution in [2.24, 2.45) is 23.7 Å². The topological polar surface area (TPSA) is 3.24 Å². The minimum absolute atomic E-state index is 0.857. The Hall–Kier alpha value is -0.0400. The van der Waals surface area contributed by atoms with E-state index in [0.29, 0.717) is 0 Å². The Morgan fingerprint density at radius 3 is 1.94 bits per heavy atom. The molecule has 16 heavy (non-hydrogen) atoms. The third kappa shape index (κ3) is 2.45. The smallest absolute Gasteiger partial charge is 0.00953 e. The number of hydrogen-bond donors (Lipinski definition) is 0. The molecule has 0 bridgehead atoms. The van der Waals surface area contributed by atoms with Crippen LogP contribution in [0.25, 0.3) is 0 Å². The van der Waals surface area contributed by atoms with Crippen LogP contribution in [0, 0.1) is 23.7 Å². The second kappa shape index (κ2) is 5.08. The molecule has 1 heteroatoms. The van der Waals surface area contributed by atoms with Gasteiger partial charge in [0.25, 0.3) is 0 Å². The van der Waals surface area contributed by atoms with Gasteiger partial charge in [0.15, 0.2) is 0 Å². The quantitative estimate of drug-likeness (QED) is 0.703. The minimum Gasteiger partial charge on any atom is -0.300 e. The van der Waals surface area contributed by atoms with Crippen LogP contribution in [0.2, 0.25) is 0 Å². The van der Waals surface area contributed by atoms with Gasteiger partial charge in [-0.05, 0) is 49.5 Å². The number of nitrogens with zero attached hydrogens (tertiary/aromatic N) is 1. The SMILES string of the molecule is CC(C)C1CCN(C2CCC2)CC1C(C)C. The summed E-state index contributed by atoms with van der Waals surface area (Å²) < 4.78 is 0. The average Bonchev–Trinajstić information content (AvgIpc) is 2.14. The standard InChI is InChI=1S/C15H29N/c1-11(2)14-8-9-16(13-6-5-7-13)10-15(14)12(3)4/h11-15H,5-10H2,1-4H3. The van der Waals surface area contributed by atoms with E-state index >= 15 is 0 Å². The van der Waals surface area contributed by atoms with Crippen LogP contribution in [0.5, 0.6) is 0 Å². The molecular formula is C15H29N. The first-order chi connectivity index (χ1) is 7.59. The number of likely N-dealkylation sites (tertiary alicyclic amines) is 1. The van der Waals surface area contributed by atoms with Crippen LogP contribution in [-0.2, 0) is 0 Å². The van der Waals surface area contributed by atoms with Crippen LogP contribution >= 0.6 is 0 Å². The van der Waals surface area contributed by atoms with E-state index in [1.54, 1.807) is 0 Å². The lowest BCUT2D eigenvalue weighted by Gasteiger charge is -2.47. The molecule has 1 aliphatic carbocycles. The number of piperidine rings is 1. The van der Waals surface area contributed by atoms with Crippen LogP contribution in [0.1, 0.15) is 53.4 Å². The Kier molecular flexibility index (Phi) is 3.94. The fourth-order valence-corrected chi connectivity index (χ4v) is 3.64. The Morgan fingerprint density at radius 2 is 1.50 bits per heavy atom. The fourth-order valence-electron chi connectivity index (χ4n) is 3.64. The monoisotopic (exact) mass is 223 g/mol. The van der Waals surface area contributed by atoms with Gasteiger partial charge in [-0.2, -0.15) is 0 Å². The van der Waals surface area contributed by atoms with Crippen molar-refractivity contribution in [1.29, 1.82) is 0 Å². The van der Waals surface area contributed by atoms with E-state index in [1.807, 2.05) is 0 Å². The van der Waals surface area contributed by atoms with Gasteiger partial charge in [-0.1, -0.05) is 34.1 Å². The Bertz CT molecular complexity index is 217. The van der Waals surface area contributed by atoms with Crippen molar-refractivity contribution in [3.8, 4) is 0 Å². The molecule has 1 saturated carbocycles. The summed E-state index contributed by atoms with van der Waals surface area (Å²) in [7, 11) is 0. The third-order valence-electron chi connectivity index (χ3n) is 5.05. The first-order valence-corrected chi connectivity index (χ1v) is 7.33. The normalized spacial score (nSPS) is 33.4. The summed E-state index contributed by atoms with van der Waals surface area (Å²) in [5, 5.41) is 0. The van der Waals surface area contributed by atoms with Gasteiger partial charge in [0.1, 0.15) is 0 Å². The van der Waals surface area contributed by atoms with Crippen LogP contribution in [0.3, 0.4) is 0 Å². The largest absolute Gasteiger partial charge is 0.300 e. The van der Waals surface area contributed by atoms with E-state index in [-0.39, 0.29) is 0 Å². The molecule has 2 rings (SSSR count). The molecule has 2 unspecified atom stereocenters. The van der Waals surface area contributed by atoms with Crippen molar-refractivity contribution < 1.29 is 0 Å². The summed E-state index contributed by atoms with van der Waals surface area (Å²) in [6.45, 7) is 12.4. The number of hydrogen-bond acceptors (Lipinski definition) is 1. The van der Waals surface area contributed by atoms with Gasteiger partial charge >= 0.3 is 0 Å². The molecule has 1 nitrogen and oxygen atoms in total. The second-order valence-electron chi connectivity index (χ2n) is 6.68. The van der Waals surface area contributed by atoms with Gasteiger partial charge < -0.3 is 4.90 Å². The highest BCUT2D eigenvalue weighted by Crippen LogP contribution is 2.37. The molecule has 94 valence electrons. The van der Waals surface area contributed by atoms with Crippen LogP contribution < -0.4 is 0 Å². The lowest BCUT2D eigenvalue weighted by molar-refractivity contribution is 0.0150. The predicted molar refractivity (Wildman–Crippen MR) is 70.5 cm³/mol. The Morgan fingerprint density at radius 1 is 0.875 bits per heavy atom. The van der Waals surface area contributed by atoms with Gasteiger partial charge in [0.2, 0.25) is 0 Å². The van der Waals surface area contributed by atoms with Crippen LogP contribution in [-0.4, -0.2) is 24.0 Å². The zero-order chi connectivity index (χ0) is 11.7. The van der Waals surface area contributed by atoms with E-state index in [9.17, 15) is 0 Å². The molecule has 2 fully saturated rings. The maximum Gasteiger partial charge on any atom is 0.00953 e. The zero-order valence-corrected chi connectivity index (χ0v) is 11.6. The fraction of sp³-hybridized carbons (Fsp3) is 1.00. The summed E-state index contributed by atoms with van der Waals surface area (Å²) in [4.78, 5) is 2.80. The third-order valence-corrected chi connectivity index (χ3v) is 5.05. The lowest BCUT2D eigenvalue weighted by atomic mass is 9.72. The first-order valence-electron chi connectivity index (χ1n) is 7.33. The molecule has 0 aromatic carbocycles. The van der Waals surface area contributed by atoms with Gasteiger partial charge in [-0.15, -0.1) is 0 Å². The van der Waals surface area contributed by atoms with Gasteiger partial charge in [0, 0.05) is 12.6 Å². The van der Waals surface area contributed by atoms with Crippen molar-refractivity contribution in [2.45, 2.75) is 59.4 Å². The van der Waals surface area contributed by atoms with Crippen LogP contribution in [0.4, 0.5) is 0 Å². The molecule has 0 aromatic rings. The molecule has 0 aromatic heterocycles. The molecule has 0 amide bonds. The molecule has 2 aliphatic rings. The van der Waals surface area contributed by atoms with E-state index < -0.39 is 0 Å². The average molecular weight is 223 g/mol. The molecule has 2 atom stereocenters. The van der Waals surface area contributed by atoms with Crippen LogP contribution in [0.15, 0.2) is 0 Å². The highest BCUT2D eigenvalue weighted by molar-refractivity contribution is 4.89. The second-order valence-corrected chi connectivity index (χ2v) is 6.68. The van der Waals surface area contributed by atoms with Gasteiger partial charge in [-0.25, -0.2) is 0 Å². The minimum atomic E-state index is 0.857. The maximum atomic E-state index is 2.80. The Balaban J connectivity index is 1.96. The summed E-state index contributed by atoms with van der Waals surface area (Å²) in [6.07, 6.45) is 5.85. The van der Waals surface area contributed by atoms with Crippen molar-refractivity contribution in [3.05, 3.63) is 0 Å². The van der Waals surface area contributed by atoms with Crippen molar-refractivity contribution >= 4 is 0 Å². The molecule has 1 aliphatic heterocycles. The molecule has 1 saturated heterocycles. The van der Waals surface area contributed by atoms with Crippen molar-refractivity contribution in [3.63, 3.8) is 0 Å². The number of rotatable bonds is 3. The van der Waals surface area contributed by atoms with Gasteiger partial charge in [0.05, 0.1) is 0 Å². The molecule has 0 spiro atoms. The summed E-state index contributed by atoms with van der Waals surface area (Å²) in [5.74, 6) is 3.64. The van der Waals surface area contributed by atoms with E-state index in [0.717, 1.165) is 29.7 Å². The first kappa shape index (κ1) is 12.4. The van der Waals surface area contributed by atoms with Gasteiger partial charge in [-0.3, -0.25) is 0 Å². The molecule has 0 N–H and O–H groups in total. The predicted octanol–water partition coefficient (Wildman–Crippen LogP) is 3.79. The molecule has 1 heterocycles. The van der Waals surface area contributed by atoms with E-state index in [4.69, 9.17) is 0 Å². The van der Waals surface area contributed by atoms with E-state index in [1.165, 1.54) is 38.8 Å². The maximum absolute atomic E-state index is 2.80. The van der Waals surface area contributed by atoms with E-state index in [2.05, 4.69) is 32.6 Å². The molecule has 0 radical (unpaired) electrons. The summed E-state index contributed by atoms with van der Waals surface area (Å²) in [5.41, 5.74) is 0. The Labute approximate surface area is 102 Å². The highest BCUT2D eigenvalue weighted by atomic mass is 15.2. The van der Waals surface area contributed by atoms with Crippen molar-refractivity contribution in [1.82, 2.24) is 4.90 Å². The molecular weight excluding hydrogens is 194 g/mol. The van der Waals surface area contributed by atoms with Crippen molar-refractivity contribution in [2.75, 3.05) is 13.1 Å². The summed E-state index contributed by atoms with van der Waals surface area (Å²) >= 11 is 0. The highest BCUT2D eigenvalue weighted by Gasteiger charge is 2.36. The lowest BCUT2D eigenvalue weighted by Crippen LogP contribution is -2.50.